The average Bonchev–Trinajstić information content (AvgIpc) is 2.67. The highest BCUT2D eigenvalue weighted by atomic mass is 16.5. The van der Waals surface area contributed by atoms with Gasteiger partial charge in [-0.2, -0.15) is 0 Å². The lowest BCUT2D eigenvalue weighted by molar-refractivity contribution is 0.399. The van der Waals surface area contributed by atoms with E-state index in [9.17, 15) is 0 Å². The molecular formula is C13H15NO2. The largest absolute Gasteiger partial charge is 0.496 e. The maximum absolute atomic E-state index is 5.28. The summed E-state index contributed by atoms with van der Waals surface area (Å²) in [5, 5.41) is 4.03. The minimum atomic E-state index is 0.822. The van der Waals surface area contributed by atoms with Crippen LogP contribution in [0.3, 0.4) is 0 Å². The molecule has 0 saturated heterocycles. The van der Waals surface area contributed by atoms with Crippen LogP contribution in [0, 0.1) is 20.8 Å². The van der Waals surface area contributed by atoms with Crippen molar-refractivity contribution >= 4 is 0 Å². The van der Waals surface area contributed by atoms with Crippen molar-refractivity contribution in [2.24, 2.45) is 0 Å². The van der Waals surface area contributed by atoms with Crippen molar-refractivity contribution in [3.05, 3.63) is 35.1 Å². The molecule has 0 aliphatic heterocycles. The van der Waals surface area contributed by atoms with Crippen LogP contribution in [0.15, 0.2) is 22.7 Å². The van der Waals surface area contributed by atoms with Gasteiger partial charge in [0.15, 0.2) is 0 Å². The van der Waals surface area contributed by atoms with Crippen LogP contribution in [-0.4, -0.2) is 12.3 Å². The van der Waals surface area contributed by atoms with Crippen LogP contribution in [-0.2, 0) is 0 Å². The molecule has 0 aliphatic carbocycles. The lowest BCUT2D eigenvalue weighted by Gasteiger charge is -2.09. The van der Waals surface area contributed by atoms with Gasteiger partial charge < -0.3 is 9.26 Å². The Morgan fingerprint density at radius 2 is 1.81 bits per heavy atom. The van der Waals surface area contributed by atoms with Gasteiger partial charge in [0, 0.05) is 11.6 Å². The van der Waals surface area contributed by atoms with Gasteiger partial charge in [0.05, 0.1) is 7.11 Å². The maximum atomic E-state index is 5.28. The second-order valence-corrected chi connectivity index (χ2v) is 3.96. The van der Waals surface area contributed by atoms with Crippen molar-refractivity contribution in [2.45, 2.75) is 20.8 Å². The lowest BCUT2D eigenvalue weighted by Crippen LogP contribution is -1.91. The van der Waals surface area contributed by atoms with Gasteiger partial charge in [-0.1, -0.05) is 5.16 Å². The van der Waals surface area contributed by atoms with Gasteiger partial charge in [0.1, 0.15) is 17.2 Å². The lowest BCUT2D eigenvalue weighted by atomic mass is 10.0. The number of nitrogens with zero attached hydrogens (tertiary/aromatic N) is 1. The topological polar surface area (TPSA) is 35.3 Å². The molecule has 1 aromatic heterocycles. The normalized spacial score (nSPS) is 10.5. The summed E-state index contributed by atoms with van der Waals surface area (Å²) in [4.78, 5) is 0. The van der Waals surface area contributed by atoms with E-state index in [0.29, 0.717) is 0 Å². The Morgan fingerprint density at radius 1 is 1.06 bits per heavy atom. The van der Waals surface area contributed by atoms with Crippen LogP contribution in [0.4, 0.5) is 0 Å². The van der Waals surface area contributed by atoms with Crippen molar-refractivity contribution < 1.29 is 9.26 Å². The Morgan fingerprint density at radius 3 is 2.38 bits per heavy atom. The molecule has 2 rings (SSSR count). The Kier molecular flexibility index (Phi) is 2.69. The molecule has 1 heterocycles. The summed E-state index contributed by atoms with van der Waals surface area (Å²) in [5.41, 5.74) is 4.20. The molecule has 84 valence electrons. The van der Waals surface area contributed by atoms with E-state index in [4.69, 9.17) is 9.26 Å². The first-order valence-electron chi connectivity index (χ1n) is 5.20. The van der Waals surface area contributed by atoms with E-state index in [2.05, 4.69) is 11.2 Å². The Labute approximate surface area is 95.0 Å². The molecule has 0 amide bonds. The third-order valence-corrected chi connectivity index (χ3v) is 2.65. The molecule has 1 aromatic carbocycles. The van der Waals surface area contributed by atoms with Gasteiger partial charge in [-0.3, -0.25) is 0 Å². The molecule has 0 saturated carbocycles. The van der Waals surface area contributed by atoms with E-state index in [1.165, 1.54) is 0 Å². The second-order valence-electron chi connectivity index (χ2n) is 3.96. The second kappa shape index (κ2) is 4.00. The van der Waals surface area contributed by atoms with Crippen LogP contribution in [0.25, 0.3) is 11.3 Å². The van der Waals surface area contributed by atoms with E-state index in [0.717, 1.165) is 33.9 Å². The number of rotatable bonds is 2. The van der Waals surface area contributed by atoms with Gasteiger partial charge in [-0.25, -0.2) is 0 Å². The van der Waals surface area contributed by atoms with E-state index >= 15 is 0 Å². The van der Waals surface area contributed by atoms with Crippen LogP contribution >= 0.6 is 0 Å². The third kappa shape index (κ3) is 1.81. The van der Waals surface area contributed by atoms with Crippen molar-refractivity contribution in [2.75, 3.05) is 7.11 Å². The van der Waals surface area contributed by atoms with E-state index in [1.54, 1.807) is 7.11 Å². The zero-order chi connectivity index (χ0) is 11.7. The number of hydrogen-bond donors (Lipinski definition) is 0. The summed E-state index contributed by atoms with van der Waals surface area (Å²) >= 11 is 0. The molecule has 0 radical (unpaired) electrons. The molecule has 0 spiro atoms. The SMILES string of the molecule is COc1cc(C)c(-c2cc(C)on2)cc1C. The molecule has 16 heavy (non-hydrogen) atoms. The third-order valence-electron chi connectivity index (χ3n) is 2.65. The Hall–Kier alpha value is -1.77. The summed E-state index contributed by atoms with van der Waals surface area (Å²) in [7, 11) is 1.68. The number of methoxy groups -OCH3 is 1. The first-order valence-corrected chi connectivity index (χ1v) is 5.20. The molecule has 3 heteroatoms. The van der Waals surface area contributed by atoms with Gasteiger partial charge in [0.25, 0.3) is 0 Å². The monoisotopic (exact) mass is 217 g/mol. The van der Waals surface area contributed by atoms with Crippen LogP contribution in [0.2, 0.25) is 0 Å². The predicted octanol–water partition coefficient (Wildman–Crippen LogP) is 3.28. The Balaban J connectivity index is 2.54. The molecular weight excluding hydrogens is 202 g/mol. The quantitative estimate of drug-likeness (QED) is 0.774. The van der Waals surface area contributed by atoms with Gasteiger partial charge in [-0.05, 0) is 44.0 Å². The maximum Gasteiger partial charge on any atom is 0.134 e. The highest BCUT2D eigenvalue weighted by Gasteiger charge is 2.10. The number of ether oxygens (including phenoxy) is 1. The predicted molar refractivity (Wildman–Crippen MR) is 62.7 cm³/mol. The highest BCUT2D eigenvalue weighted by molar-refractivity contribution is 5.66. The summed E-state index contributed by atoms with van der Waals surface area (Å²) in [6, 6.07) is 6.04. The zero-order valence-corrected chi connectivity index (χ0v) is 10.00. The van der Waals surface area contributed by atoms with E-state index in [-0.39, 0.29) is 0 Å². The number of hydrogen-bond acceptors (Lipinski definition) is 3. The van der Waals surface area contributed by atoms with Gasteiger partial charge in [0.2, 0.25) is 0 Å². The number of benzene rings is 1. The molecule has 0 fully saturated rings. The zero-order valence-electron chi connectivity index (χ0n) is 10.00. The molecule has 0 unspecified atom stereocenters. The molecule has 3 nitrogen and oxygen atoms in total. The van der Waals surface area contributed by atoms with Crippen molar-refractivity contribution in [3.63, 3.8) is 0 Å². The summed E-state index contributed by atoms with van der Waals surface area (Å²) in [6.45, 7) is 5.96. The Bertz CT molecular complexity index is 515. The number of aromatic nitrogens is 1. The fourth-order valence-electron chi connectivity index (χ4n) is 1.78. The van der Waals surface area contributed by atoms with Crippen molar-refractivity contribution in [1.82, 2.24) is 5.16 Å². The molecule has 0 aliphatic rings. The van der Waals surface area contributed by atoms with Crippen LogP contribution in [0.1, 0.15) is 16.9 Å². The average molecular weight is 217 g/mol. The fraction of sp³-hybridized carbons (Fsp3) is 0.308. The van der Waals surface area contributed by atoms with E-state index < -0.39 is 0 Å². The van der Waals surface area contributed by atoms with Crippen molar-refractivity contribution in [3.8, 4) is 17.0 Å². The smallest absolute Gasteiger partial charge is 0.134 e. The first-order chi connectivity index (χ1) is 7.61. The minimum Gasteiger partial charge on any atom is -0.496 e. The van der Waals surface area contributed by atoms with Crippen LogP contribution in [0.5, 0.6) is 5.75 Å². The fourth-order valence-corrected chi connectivity index (χ4v) is 1.78. The molecule has 2 aromatic rings. The van der Waals surface area contributed by atoms with E-state index in [1.807, 2.05) is 32.9 Å². The molecule has 0 atom stereocenters. The van der Waals surface area contributed by atoms with Gasteiger partial charge in [-0.15, -0.1) is 0 Å². The summed E-state index contributed by atoms with van der Waals surface area (Å²) in [5.74, 6) is 1.73. The summed E-state index contributed by atoms with van der Waals surface area (Å²) < 4.78 is 10.4. The van der Waals surface area contributed by atoms with Crippen LogP contribution < -0.4 is 4.74 Å². The standard InChI is InChI=1S/C13H15NO2/c1-8-6-13(15-4)9(2)5-11(8)12-7-10(3)16-14-12/h5-7H,1-4H3. The minimum absolute atomic E-state index is 0.822. The first kappa shape index (κ1) is 10.7. The molecule has 0 N–H and O–H groups in total. The summed E-state index contributed by atoms with van der Waals surface area (Å²) in [6.07, 6.45) is 0. The molecule has 0 bridgehead atoms. The van der Waals surface area contributed by atoms with Crippen molar-refractivity contribution in [1.29, 1.82) is 0 Å². The number of aryl methyl sites for hydroxylation is 3. The van der Waals surface area contributed by atoms with Gasteiger partial charge >= 0.3 is 0 Å². The highest BCUT2D eigenvalue weighted by Crippen LogP contribution is 2.29.